The monoisotopic (exact) mass is 194 g/mol. The van der Waals surface area contributed by atoms with Crippen LogP contribution in [0.4, 0.5) is 0 Å². The lowest BCUT2D eigenvalue weighted by Crippen LogP contribution is -2.49. The Labute approximate surface area is 77.1 Å². The van der Waals surface area contributed by atoms with Crippen LogP contribution in [0.2, 0.25) is 0 Å². The molecule has 0 saturated carbocycles. The van der Waals surface area contributed by atoms with Crippen LogP contribution in [-0.4, -0.2) is 52.9 Å². The van der Waals surface area contributed by atoms with Gasteiger partial charge >= 0.3 is 0 Å². The Morgan fingerprint density at radius 3 is 2.08 bits per heavy atom. The molecule has 0 aliphatic rings. The van der Waals surface area contributed by atoms with E-state index in [0.29, 0.717) is 0 Å². The molecule has 13 heavy (non-hydrogen) atoms. The molecule has 0 radical (unpaired) electrons. The molecule has 0 aromatic heterocycles. The van der Waals surface area contributed by atoms with E-state index in [1.807, 2.05) is 0 Å². The number of aliphatic hydroxyl groups excluding tert-OH is 2. The summed E-state index contributed by atoms with van der Waals surface area (Å²) in [6.45, 7) is 1.19. The minimum atomic E-state index is -0.452. The van der Waals surface area contributed by atoms with Crippen LogP contribution in [0.3, 0.4) is 0 Å². The van der Waals surface area contributed by atoms with E-state index in [2.05, 4.69) is 4.89 Å². The van der Waals surface area contributed by atoms with Crippen LogP contribution in [0.5, 0.6) is 0 Å². The largest absolute Gasteiger partial charge is 0.759 e. The SMILES string of the molecule is [O-]O[CH-]CC[N+](O)(CCO)CCO. The van der Waals surface area contributed by atoms with Gasteiger partial charge in [0.25, 0.3) is 0 Å². The number of hydrogen-bond donors (Lipinski definition) is 3. The van der Waals surface area contributed by atoms with Crippen molar-refractivity contribution < 1.29 is 30.2 Å². The van der Waals surface area contributed by atoms with Gasteiger partial charge in [0.1, 0.15) is 13.1 Å². The molecule has 0 unspecified atom stereocenters. The van der Waals surface area contributed by atoms with Crippen molar-refractivity contribution in [2.45, 2.75) is 6.42 Å². The third-order valence-corrected chi connectivity index (χ3v) is 1.76. The highest BCUT2D eigenvalue weighted by molar-refractivity contribution is 4.46. The second-order valence-corrected chi connectivity index (χ2v) is 2.76. The first-order valence-corrected chi connectivity index (χ1v) is 4.09. The second kappa shape index (κ2) is 7.19. The third-order valence-electron chi connectivity index (χ3n) is 1.76. The van der Waals surface area contributed by atoms with Gasteiger partial charge in [0, 0.05) is 0 Å². The van der Waals surface area contributed by atoms with Crippen LogP contribution in [0.25, 0.3) is 0 Å². The summed E-state index contributed by atoms with van der Waals surface area (Å²) in [5.74, 6) is 0. The number of hydrogen-bond acceptors (Lipinski definition) is 5. The average molecular weight is 194 g/mol. The number of rotatable bonds is 8. The molecule has 0 heterocycles. The normalized spacial score (nSPS) is 12.0. The minimum Gasteiger partial charge on any atom is -0.759 e. The van der Waals surface area contributed by atoms with Crippen molar-refractivity contribution in [1.29, 1.82) is 0 Å². The van der Waals surface area contributed by atoms with Gasteiger partial charge in [-0.2, -0.15) is 4.65 Å². The van der Waals surface area contributed by atoms with Gasteiger partial charge in [-0.15, -0.1) is 6.42 Å². The van der Waals surface area contributed by atoms with Crippen LogP contribution < -0.4 is 5.26 Å². The van der Waals surface area contributed by atoms with Crippen molar-refractivity contribution in [3.63, 3.8) is 0 Å². The zero-order valence-corrected chi connectivity index (χ0v) is 7.43. The van der Waals surface area contributed by atoms with Gasteiger partial charge in [-0.3, -0.25) is 0 Å². The summed E-state index contributed by atoms with van der Waals surface area (Å²) in [5.41, 5.74) is 0. The first-order chi connectivity index (χ1) is 6.18. The Hall–Kier alpha value is -0.240. The Bertz CT molecular complexity index is 115. The van der Waals surface area contributed by atoms with Gasteiger partial charge in [0.15, 0.2) is 0 Å². The molecule has 0 aliphatic heterocycles. The van der Waals surface area contributed by atoms with Crippen LogP contribution in [0.1, 0.15) is 6.42 Å². The predicted octanol–water partition coefficient (Wildman–Crippen LogP) is -1.98. The molecule has 0 saturated heterocycles. The van der Waals surface area contributed by atoms with Crippen LogP contribution in [0.15, 0.2) is 0 Å². The maximum absolute atomic E-state index is 9.68. The number of nitrogens with zero attached hydrogens (tertiary/aromatic N) is 1. The first kappa shape index (κ1) is 12.8. The zero-order chi connectivity index (χ0) is 10.2. The maximum atomic E-state index is 9.68. The minimum absolute atomic E-state index is 0.132. The molecule has 0 aliphatic carbocycles. The van der Waals surface area contributed by atoms with Crippen molar-refractivity contribution in [1.82, 2.24) is 0 Å². The molecule has 0 spiro atoms. The van der Waals surface area contributed by atoms with Crippen molar-refractivity contribution in [2.75, 3.05) is 32.8 Å². The fourth-order valence-electron chi connectivity index (χ4n) is 1.05. The maximum Gasteiger partial charge on any atom is 0.132 e. The number of hydroxylamine groups is 3. The van der Waals surface area contributed by atoms with Crippen molar-refractivity contribution in [2.24, 2.45) is 0 Å². The molecule has 80 valence electrons. The molecule has 0 rings (SSSR count). The molecule has 0 amide bonds. The Morgan fingerprint density at radius 1 is 1.15 bits per heavy atom. The van der Waals surface area contributed by atoms with E-state index in [4.69, 9.17) is 10.2 Å². The molecular weight excluding hydrogens is 178 g/mol. The van der Waals surface area contributed by atoms with Gasteiger partial charge in [-0.05, 0) is 0 Å². The lowest BCUT2D eigenvalue weighted by atomic mass is 10.3. The van der Waals surface area contributed by atoms with Crippen molar-refractivity contribution in [3.05, 3.63) is 6.61 Å². The number of quaternary nitrogens is 1. The highest BCUT2D eigenvalue weighted by Gasteiger charge is 2.21. The van der Waals surface area contributed by atoms with Crippen LogP contribution >= 0.6 is 0 Å². The topological polar surface area (TPSA) is 93.0 Å². The van der Waals surface area contributed by atoms with E-state index in [1.54, 1.807) is 0 Å². The highest BCUT2D eigenvalue weighted by Crippen LogP contribution is 2.03. The fourth-order valence-corrected chi connectivity index (χ4v) is 1.05. The van der Waals surface area contributed by atoms with E-state index >= 15 is 0 Å². The number of aliphatic hydroxyl groups is 2. The molecule has 0 atom stereocenters. The van der Waals surface area contributed by atoms with E-state index in [9.17, 15) is 10.5 Å². The zero-order valence-electron chi connectivity index (χ0n) is 7.43. The highest BCUT2D eigenvalue weighted by atomic mass is 17.1. The van der Waals surface area contributed by atoms with E-state index in [-0.39, 0.29) is 39.3 Å². The summed E-state index contributed by atoms with van der Waals surface area (Å²) >= 11 is 0. The lowest BCUT2D eigenvalue weighted by molar-refractivity contribution is -1.10. The molecule has 0 aromatic rings. The van der Waals surface area contributed by atoms with Gasteiger partial charge in [-0.25, -0.2) is 11.8 Å². The standard InChI is InChI=1S/C7H17NO5/c9-5-3-8(11,4-6-10)2-1-7-13-12/h7,9-12H,1-6H2/p-1. The van der Waals surface area contributed by atoms with Crippen LogP contribution in [0, 0.1) is 6.61 Å². The quantitative estimate of drug-likeness (QED) is 0.137. The molecule has 0 aromatic carbocycles. The summed E-state index contributed by atoms with van der Waals surface area (Å²) in [5, 5.41) is 36.5. The van der Waals surface area contributed by atoms with E-state index in [0.717, 1.165) is 6.61 Å². The Balaban J connectivity index is 3.76. The Kier molecular flexibility index (Phi) is 7.06. The summed E-state index contributed by atoms with van der Waals surface area (Å²) in [6.07, 6.45) is 0.278. The smallest absolute Gasteiger partial charge is 0.132 e. The summed E-state index contributed by atoms with van der Waals surface area (Å²) in [6, 6.07) is 0. The van der Waals surface area contributed by atoms with Gasteiger partial charge in [0.2, 0.25) is 0 Å². The molecule has 0 bridgehead atoms. The van der Waals surface area contributed by atoms with Gasteiger partial charge < -0.3 is 20.4 Å². The molecule has 0 fully saturated rings. The molecule has 3 N–H and O–H groups in total. The molecule has 6 nitrogen and oxygen atoms in total. The lowest BCUT2D eigenvalue weighted by Gasteiger charge is -2.31. The summed E-state index contributed by atoms with van der Waals surface area (Å²) < 4.78 is -0.452. The van der Waals surface area contributed by atoms with Crippen molar-refractivity contribution in [3.8, 4) is 0 Å². The van der Waals surface area contributed by atoms with Crippen LogP contribution in [-0.2, 0) is 4.89 Å². The Morgan fingerprint density at radius 2 is 1.69 bits per heavy atom. The molecular formula is C7H16NO5-. The predicted molar refractivity (Wildman–Crippen MR) is 40.8 cm³/mol. The second-order valence-electron chi connectivity index (χ2n) is 2.76. The average Bonchev–Trinajstić information content (AvgIpc) is 2.05. The summed E-state index contributed by atoms with van der Waals surface area (Å²) in [7, 11) is 0. The first-order valence-electron chi connectivity index (χ1n) is 4.09. The van der Waals surface area contributed by atoms with Crippen molar-refractivity contribution >= 4 is 0 Å². The van der Waals surface area contributed by atoms with E-state index < -0.39 is 4.65 Å². The third kappa shape index (κ3) is 5.92. The molecule has 6 heteroatoms. The van der Waals surface area contributed by atoms with Gasteiger partial charge in [0.05, 0.1) is 19.8 Å². The fraction of sp³-hybridized carbons (Fsp3) is 0.857. The summed E-state index contributed by atoms with van der Waals surface area (Å²) in [4.78, 5) is 3.47. The van der Waals surface area contributed by atoms with E-state index in [1.165, 1.54) is 0 Å². The van der Waals surface area contributed by atoms with Gasteiger partial charge in [-0.1, -0.05) is 0 Å².